The molecule has 0 saturated heterocycles. The van der Waals surface area contributed by atoms with Crippen molar-refractivity contribution >= 4 is 0 Å². The van der Waals surface area contributed by atoms with E-state index in [0.717, 1.165) is 5.69 Å². The van der Waals surface area contributed by atoms with Crippen LogP contribution in [0, 0.1) is 0 Å². The molecule has 0 amide bonds. The van der Waals surface area contributed by atoms with Crippen molar-refractivity contribution in [3.63, 3.8) is 0 Å². The quantitative estimate of drug-likeness (QED) is 0.559. The van der Waals surface area contributed by atoms with E-state index in [1.165, 1.54) is 0 Å². The molecule has 0 saturated carbocycles. The number of nitrogens with zero attached hydrogens (tertiary/aromatic N) is 1. The van der Waals surface area contributed by atoms with E-state index in [1.54, 1.807) is 19.4 Å². The van der Waals surface area contributed by atoms with Crippen LogP contribution < -0.4 is 5.73 Å². The first kappa shape index (κ1) is 8.23. The molecule has 4 nitrogen and oxygen atoms in total. The normalized spacial score (nSPS) is 16.3. The number of nitrogens with one attached hydrogen (secondary N) is 1. The van der Waals surface area contributed by atoms with Crippen LogP contribution in [0.1, 0.15) is 12.6 Å². The second-order valence-corrected chi connectivity index (χ2v) is 3.07. The minimum atomic E-state index is -0.549. The van der Waals surface area contributed by atoms with Crippen molar-refractivity contribution in [3.05, 3.63) is 18.2 Å². The largest absolute Gasteiger partial charge is 0.394 e. The molecule has 0 aliphatic carbocycles. The molecule has 0 aliphatic rings. The molecule has 4 N–H and O–H groups in total. The molecule has 0 aliphatic heterocycles. The lowest BCUT2D eigenvalue weighted by atomic mass is 9.99. The number of aliphatic hydroxyl groups is 1. The highest BCUT2D eigenvalue weighted by Crippen LogP contribution is 2.05. The van der Waals surface area contributed by atoms with Gasteiger partial charge in [-0.3, -0.25) is 0 Å². The first-order valence-corrected chi connectivity index (χ1v) is 3.51. The molecule has 1 heterocycles. The second-order valence-electron chi connectivity index (χ2n) is 3.07. The Morgan fingerprint density at radius 2 is 2.55 bits per heavy atom. The number of aromatic nitrogens is 2. The van der Waals surface area contributed by atoms with Crippen molar-refractivity contribution in [3.8, 4) is 0 Å². The fourth-order valence-electron chi connectivity index (χ4n) is 0.872. The van der Waals surface area contributed by atoms with Crippen LogP contribution in [0.25, 0.3) is 0 Å². The van der Waals surface area contributed by atoms with Crippen LogP contribution in [-0.4, -0.2) is 27.2 Å². The third-order valence-corrected chi connectivity index (χ3v) is 1.51. The van der Waals surface area contributed by atoms with E-state index in [2.05, 4.69) is 9.97 Å². The first-order chi connectivity index (χ1) is 5.14. The summed E-state index contributed by atoms with van der Waals surface area (Å²) in [6.07, 6.45) is 3.92. The summed E-state index contributed by atoms with van der Waals surface area (Å²) < 4.78 is 0. The van der Waals surface area contributed by atoms with Crippen LogP contribution in [0.5, 0.6) is 0 Å². The zero-order valence-corrected chi connectivity index (χ0v) is 6.54. The van der Waals surface area contributed by atoms with Crippen LogP contribution in [0.3, 0.4) is 0 Å². The highest BCUT2D eigenvalue weighted by Gasteiger charge is 2.17. The summed E-state index contributed by atoms with van der Waals surface area (Å²) in [7, 11) is 0. The van der Waals surface area contributed by atoms with Gasteiger partial charge in [0.15, 0.2) is 0 Å². The van der Waals surface area contributed by atoms with Gasteiger partial charge >= 0.3 is 0 Å². The molecule has 62 valence electrons. The second kappa shape index (κ2) is 3.02. The Hall–Kier alpha value is -0.870. The van der Waals surface area contributed by atoms with Crippen molar-refractivity contribution in [2.24, 2.45) is 5.73 Å². The van der Waals surface area contributed by atoms with Crippen LogP contribution in [0.2, 0.25) is 0 Å². The summed E-state index contributed by atoms with van der Waals surface area (Å²) in [5.41, 5.74) is 6.11. The molecule has 0 aromatic carbocycles. The maximum absolute atomic E-state index is 8.83. The minimum Gasteiger partial charge on any atom is -0.394 e. The molecule has 0 bridgehead atoms. The number of aliphatic hydroxyl groups excluding tert-OH is 1. The number of nitrogens with two attached hydrogens (primary N) is 1. The zero-order valence-electron chi connectivity index (χ0n) is 6.54. The van der Waals surface area contributed by atoms with Gasteiger partial charge in [0.05, 0.1) is 12.9 Å². The highest BCUT2D eigenvalue weighted by atomic mass is 16.3. The van der Waals surface area contributed by atoms with Crippen molar-refractivity contribution in [1.29, 1.82) is 0 Å². The van der Waals surface area contributed by atoms with E-state index in [-0.39, 0.29) is 6.61 Å². The summed E-state index contributed by atoms with van der Waals surface area (Å²) >= 11 is 0. The standard InChI is InChI=1S/C7H13N3O/c1-7(8,4-11)2-6-3-9-5-10-6/h3,5,11H,2,4,8H2,1H3,(H,9,10). The predicted octanol–water partition coefficient (Wildman–Crippen LogP) is -0.338. The van der Waals surface area contributed by atoms with E-state index < -0.39 is 5.54 Å². The molecule has 1 atom stereocenters. The third-order valence-electron chi connectivity index (χ3n) is 1.51. The number of aromatic amines is 1. The first-order valence-electron chi connectivity index (χ1n) is 3.51. The fraction of sp³-hybridized carbons (Fsp3) is 0.571. The summed E-state index contributed by atoms with van der Waals surface area (Å²) in [5.74, 6) is 0. The van der Waals surface area contributed by atoms with Crippen LogP contribution in [0.15, 0.2) is 12.5 Å². The highest BCUT2D eigenvalue weighted by molar-refractivity contribution is 5.01. The summed E-state index contributed by atoms with van der Waals surface area (Å²) in [6, 6.07) is 0. The van der Waals surface area contributed by atoms with Gasteiger partial charge in [-0.2, -0.15) is 0 Å². The molecule has 1 unspecified atom stereocenters. The molecule has 0 fully saturated rings. The predicted molar refractivity (Wildman–Crippen MR) is 42.0 cm³/mol. The van der Waals surface area contributed by atoms with Gasteiger partial charge in [-0.15, -0.1) is 0 Å². The summed E-state index contributed by atoms with van der Waals surface area (Å²) in [5, 5.41) is 8.83. The van der Waals surface area contributed by atoms with Crippen molar-refractivity contribution in [2.45, 2.75) is 18.9 Å². The molecular formula is C7H13N3O. The monoisotopic (exact) mass is 155 g/mol. The Kier molecular flexibility index (Phi) is 2.26. The van der Waals surface area contributed by atoms with E-state index in [1.807, 2.05) is 0 Å². The van der Waals surface area contributed by atoms with Gasteiger partial charge in [0.25, 0.3) is 0 Å². The van der Waals surface area contributed by atoms with E-state index >= 15 is 0 Å². The number of rotatable bonds is 3. The van der Waals surface area contributed by atoms with Crippen LogP contribution >= 0.6 is 0 Å². The van der Waals surface area contributed by atoms with Gasteiger partial charge < -0.3 is 15.8 Å². The van der Waals surface area contributed by atoms with Gasteiger partial charge in [0.2, 0.25) is 0 Å². The van der Waals surface area contributed by atoms with Gasteiger partial charge in [-0.05, 0) is 6.92 Å². The van der Waals surface area contributed by atoms with Crippen molar-refractivity contribution < 1.29 is 5.11 Å². The lowest BCUT2D eigenvalue weighted by Gasteiger charge is -2.19. The lowest BCUT2D eigenvalue weighted by molar-refractivity contribution is 0.207. The topological polar surface area (TPSA) is 74.9 Å². The van der Waals surface area contributed by atoms with E-state index in [9.17, 15) is 0 Å². The zero-order chi connectivity index (χ0) is 8.32. The third kappa shape index (κ3) is 2.32. The van der Waals surface area contributed by atoms with Crippen LogP contribution in [-0.2, 0) is 6.42 Å². The van der Waals surface area contributed by atoms with Gasteiger partial charge in [-0.25, -0.2) is 4.98 Å². The number of H-pyrrole nitrogens is 1. The maximum Gasteiger partial charge on any atom is 0.0921 e. The average molecular weight is 155 g/mol. The van der Waals surface area contributed by atoms with Gasteiger partial charge in [-0.1, -0.05) is 0 Å². The van der Waals surface area contributed by atoms with Gasteiger partial charge in [0.1, 0.15) is 0 Å². The van der Waals surface area contributed by atoms with Crippen molar-refractivity contribution in [2.75, 3.05) is 6.61 Å². The molecular weight excluding hydrogens is 142 g/mol. The van der Waals surface area contributed by atoms with Gasteiger partial charge in [0, 0.05) is 23.9 Å². The van der Waals surface area contributed by atoms with Crippen LogP contribution in [0.4, 0.5) is 0 Å². The van der Waals surface area contributed by atoms with E-state index in [0.29, 0.717) is 6.42 Å². The number of hydrogen-bond acceptors (Lipinski definition) is 3. The molecule has 4 heteroatoms. The molecule has 0 spiro atoms. The molecule has 1 aromatic heterocycles. The Morgan fingerprint density at radius 1 is 1.82 bits per heavy atom. The Labute approximate surface area is 65.5 Å². The number of imidazole rings is 1. The Morgan fingerprint density at radius 3 is 3.00 bits per heavy atom. The number of hydrogen-bond donors (Lipinski definition) is 3. The Bertz CT molecular complexity index is 205. The lowest BCUT2D eigenvalue weighted by Crippen LogP contribution is -2.42. The molecule has 0 radical (unpaired) electrons. The summed E-state index contributed by atoms with van der Waals surface area (Å²) in [6.45, 7) is 1.78. The fourth-order valence-corrected chi connectivity index (χ4v) is 0.872. The summed E-state index contributed by atoms with van der Waals surface area (Å²) in [4.78, 5) is 6.77. The molecule has 1 rings (SSSR count). The molecule has 1 aromatic rings. The Balaban J connectivity index is 2.56. The minimum absolute atomic E-state index is 0.0218. The van der Waals surface area contributed by atoms with Crippen molar-refractivity contribution in [1.82, 2.24) is 9.97 Å². The molecule has 11 heavy (non-hydrogen) atoms. The smallest absolute Gasteiger partial charge is 0.0921 e. The van der Waals surface area contributed by atoms with E-state index in [4.69, 9.17) is 10.8 Å². The average Bonchev–Trinajstić information content (AvgIpc) is 2.39. The maximum atomic E-state index is 8.83. The SMILES string of the molecule is CC(N)(CO)Cc1cnc[nH]1.